The molecule has 0 radical (unpaired) electrons. The number of halogens is 1. The fourth-order valence-corrected chi connectivity index (χ4v) is 2.47. The fraction of sp³-hybridized carbons (Fsp3) is 0.250. The summed E-state index contributed by atoms with van der Waals surface area (Å²) >= 11 is 5.15. The van der Waals surface area contributed by atoms with Crippen molar-refractivity contribution in [3.8, 4) is 0 Å². The molecular formula is C12H13BrN2S. The van der Waals surface area contributed by atoms with Gasteiger partial charge in [0.2, 0.25) is 0 Å². The van der Waals surface area contributed by atoms with Gasteiger partial charge in [-0.25, -0.2) is 4.98 Å². The van der Waals surface area contributed by atoms with Crippen LogP contribution in [0.5, 0.6) is 0 Å². The standard InChI is InChI=1S/C12H13BrN2S/c1-8-3-4-10(5-11(8)13)15-9(2)12-6-16-7-14-12/h3-7,9,15H,1-2H3. The molecule has 1 atom stereocenters. The van der Waals surface area contributed by atoms with Gasteiger partial charge < -0.3 is 5.32 Å². The number of hydrogen-bond acceptors (Lipinski definition) is 3. The highest BCUT2D eigenvalue weighted by atomic mass is 79.9. The maximum atomic E-state index is 4.30. The molecule has 84 valence electrons. The second-order valence-corrected chi connectivity index (χ2v) is 5.32. The van der Waals surface area contributed by atoms with Crippen molar-refractivity contribution >= 4 is 33.0 Å². The molecule has 0 spiro atoms. The van der Waals surface area contributed by atoms with E-state index in [0.717, 1.165) is 15.9 Å². The number of anilines is 1. The number of hydrogen-bond donors (Lipinski definition) is 1. The molecule has 16 heavy (non-hydrogen) atoms. The Hall–Kier alpha value is -0.870. The van der Waals surface area contributed by atoms with Crippen LogP contribution in [0.25, 0.3) is 0 Å². The Morgan fingerprint density at radius 3 is 2.88 bits per heavy atom. The second kappa shape index (κ2) is 4.97. The number of benzene rings is 1. The third kappa shape index (κ3) is 2.62. The van der Waals surface area contributed by atoms with Gasteiger partial charge in [0.25, 0.3) is 0 Å². The average Bonchev–Trinajstić information content (AvgIpc) is 2.77. The minimum atomic E-state index is 0.237. The molecule has 0 bridgehead atoms. The largest absolute Gasteiger partial charge is 0.377 e. The summed E-state index contributed by atoms with van der Waals surface area (Å²) in [6.07, 6.45) is 0. The van der Waals surface area contributed by atoms with Crippen LogP contribution in [0.4, 0.5) is 5.69 Å². The molecule has 1 heterocycles. The Balaban J connectivity index is 2.12. The molecule has 0 aliphatic rings. The maximum absolute atomic E-state index is 4.30. The van der Waals surface area contributed by atoms with Gasteiger partial charge in [-0.2, -0.15) is 0 Å². The highest BCUT2D eigenvalue weighted by Crippen LogP contribution is 2.24. The number of rotatable bonds is 3. The molecule has 0 fully saturated rings. The zero-order valence-corrected chi connectivity index (χ0v) is 11.6. The molecule has 2 rings (SSSR count). The minimum absolute atomic E-state index is 0.237. The lowest BCUT2D eigenvalue weighted by Crippen LogP contribution is -2.06. The van der Waals surface area contributed by atoms with Gasteiger partial charge in [0, 0.05) is 15.5 Å². The van der Waals surface area contributed by atoms with Crippen LogP contribution < -0.4 is 5.32 Å². The number of aromatic nitrogens is 1. The van der Waals surface area contributed by atoms with E-state index in [4.69, 9.17) is 0 Å². The lowest BCUT2D eigenvalue weighted by Gasteiger charge is -2.13. The second-order valence-electron chi connectivity index (χ2n) is 3.74. The van der Waals surface area contributed by atoms with E-state index in [1.165, 1.54) is 5.56 Å². The average molecular weight is 297 g/mol. The summed E-state index contributed by atoms with van der Waals surface area (Å²) in [4.78, 5) is 4.30. The van der Waals surface area contributed by atoms with E-state index in [-0.39, 0.29) is 6.04 Å². The van der Waals surface area contributed by atoms with Gasteiger partial charge in [-0.15, -0.1) is 11.3 Å². The van der Waals surface area contributed by atoms with Crippen molar-refractivity contribution in [3.05, 3.63) is 44.8 Å². The van der Waals surface area contributed by atoms with Crippen molar-refractivity contribution in [1.82, 2.24) is 4.98 Å². The van der Waals surface area contributed by atoms with E-state index in [9.17, 15) is 0 Å². The van der Waals surface area contributed by atoms with E-state index >= 15 is 0 Å². The molecule has 0 aliphatic heterocycles. The Bertz CT molecular complexity index is 468. The maximum Gasteiger partial charge on any atom is 0.0795 e. The quantitative estimate of drug-likeness (QED) is 0.909. The SMILES string of the molecule is Cc1ccc(NC(C)c2cscn2)cc1Br. The van der Waals surface area contributed by atoms with Crippen molar-refractivity contribution in [3.63, 3.8) is 0 Å². The Kier molecular flexibility index (Phi) is 3.61. The normalized spacial score (nSPS) is 12.4. The molecule has 1 aromatic heterocycles. The molecule has 1 aromatic carbocycles. The molecule has 0 amide bonds. The smallest absolute Gasteiger partial charge is 0.0795 e. The summed E-state index contributed by atoms with van der Waals surface area (Å²) in [7, 11) is 0. The van der Waals surface area contributed by atoms with E-state index in [2.05, 4.69) is 63.7 Å². The summed E-state index contributed by atoms with van der Waals surface area (Å²) < 4.78 is 1.13. The van der Waals surface area contributed by atoms with Gasteiger partial charge in [-0.05, 0) is 31.5 Å². The van der Waals surface area contributed by atoms with Gasteiger partial charge >= 0.3 is 0 Å². The summed E-state index contributed by atoms with van der Waals surface area (Å²) in [5.41, 5.74) is 5.30. The first-order valence-electron chi connectivity index (χ1n) is 5.07. The van der Waals surface area contributed by atoms with Crippen molar-refractivity contribution in [2.24, 2.45) is 0 Å². The van der Waals surface area contributed by atoms with E-state index in [0.29, 0.717) is 0 Å². The highest BCUT2D eigenvalue weighted by Gasteiger charge is 2.07. The first-order chi connectivity index (χ1) is 7.66. The van der Waals surface area contributed by atoms with Crippen LogP contribution in [0.3, 0.4) is 0 Å². The lowest BCUT2D eigenvalue weighted by atomic mass is 10.2. The summed E-state index contributed by atoms with van der Waals surface area (Å²) in [5, 5.41) is 5.50. The van der Waals surface area contributed by atoms with Crippen molar-refractivity contribution in [2.75, 3.05) is 5.32 Å². The molecule has 1 unspecified atom stereocenters. The minimum Gasteiger partial charge on any atom is -0.377 e. The van der Waals surface area contributed by atoms with Gasteiger partial charge in [0.05, 0.1) is 17.2 Å². The predicted octanol–water partition coefficient (Wildman–Crippen LogP) is 4.39. The van der Waals surface area contributed by atoms with Crippen LogP contribution in [0.15, 0.2) is 33.6 Å². The molecule has 0 saturated carbocycles. The monoisotopic (exact) mass is 296 g/mol. The van der Waals surface area contributed by atoms with Gasteiger partial charge in [0.15, 0.2) is 0 Å². The van der Waals surface area contributed by atoms with Gasteiger partial charge in [0.1, 0.15) is 0 Å². The first-order valence-corrected chi connectivity index (χ1v) is 6.81. The highest BCUT2D eigenvalue weighted by molar-refractivity contribution is 9.10. The van der Waals surface area contributed by atoms with Crippen LogP contribution >= 0.6 is 27.3 Å². The zero-order chi connectivity index (χ0) is 11.5. The van der Waals surface area contributed by atoms with Crippen LogP contribution in [0.2, 0.25) is 0 Å². The fourth-order valence-electron chi connectivity index (χ4n) is 1.44. The number of thiazole rings is 1. The van der Waals surface area contributed by atoms with Gasteiger partial charge in [-0.1, -0.05) is 22.0 Å². The molecule has 4 heteroatoms. The molecule has 0 aliphatic carbocycles. The zero-order valence-electron chi connectivity index (χ0n) is 9.20. The third-order valence-electron chi connectivity index (χ3n) is 2.45. The predicted molar refractivity (Wildman–Crippen MR) is 73.0 cm³/mol. The Morgan fingerprint density at radius 1 is 1.44 bits per heavy atom. The third-order valence-corrected chi connectivity index (χ3v) is 3.91. The van der Waals surface area contributed by atoms with Crippen molar-refractivity contribution < 1.29 is 0 Å². The van der Waals surface area contributed by atoms with Crippen LogP contribution in [0, 0.1) is 6.92 Å². The number of nitrogens with zero attached hydrogens (tertiary/aromatic N) is 1. The van der Waals surface area contributed by atoms with Crippen molar-refractivity contribution in [1.29, 1.82) is 0 Å². The van der Waals surface area contributed by atoms with Crippen LogP contribution in [-0.2, 0) is 0 Å². The first kappa shape index (κ1) is 11.6. The Morgan fingerprint density at radius 2 is 2.25 bits per heavy atom. The number of aryl methyl sites for hydroxylation is 1. The Labute approximate surface area is 108 Å². The molecule has 1 N–H and O–H groups in total. The lowest BCUT2D eigenvalue weighted by molar-refractivity contribution is 0.850. The topological polar surface area (TPSA) is 24.9 Å². The molecule has 2 nitrogen and oxygen atoms in total. The van der Waals surface area contributed by atoms with Crippen LogP contribution in [-0.4, -0.2) is 4.98 Å². The van der Waals surface area contributed by atoms with E-state index in [1.807, 2.05) is 5.51 Å². The van der Waals surface area contributed by atoms with Gasteiger partial charge in [-0.3, -0.25) is 0 Å². The summed E-state index contributed by atoms with van der Waals surface area (Å²) in [6.45, 7) is 4.19. The van der Waals surface area contributed by atoms with E-state index < -0.39 is 0 Å². The van der Waals surface area contributed by atoms with Crippen molar-refractivity contribution in [2.45, 2.75) is 19.9 Å². The summed E-state index contributed by atoms with van der Waals surface area (Å²) in [5.74, 6) is 0. The van der Waals surface area contributed by atoms with Crippen LogP contribution in [0.1, 0.15) is 24.2 Å². The van der Waals surface area contributed by atoms with E-state index in [1.54, 1.807) is 11.3 Å². The summed E-state index contributed by atoms with van der Waals surface area (Å²) in [6, 6.07) is 6.52. The number of nitrogens with one attached hydrogen (secondary N) is 1. The molecule has 2 aromatic rings. The molecular weight excluding hydrogens is 284 g/mol. The molecule has 0 saturated heterocycles.